The van der Waals surface area contributed by atoms with Crippen molar-refractivity contribution in [1.82, 2.24) is 9.97 Å². The summed E-state index contributed by atoms with van der Waals surface area (Å²) in [5.41, 5.74) is 1.91. The third-order valence-electron chi connectivity index (χ3n) is 3.07. The van der Waals surface area contributed by atoms with Crippen LogP contribution in [0.4, 0.5) is 5.82 Å². The number of rotatable bonds is 5. The van der Waals surface area contributed by atoms with Crippen molar-refractivity contribution >= 4 is 5.82 Å². The van der Waals surface area contributed by atoms with Crippen LogP contribution in [-0.2, 0) is 6.42 Å². The van der Waals surface area contributed by atoms with Crippen molar-refractivity contribution in [2.24, 2.45) is 0 Å². The Morgan fingerprint density at radius 3 is 2.63 bits per heavy atom. The molecule has 2 rings (SSSR count). The molecule has 2 aromatic rings. The van der Waals surface area contributed by atoms with Crippen LogP contribution in [0.5, 0.6) is 0 Å². The first-order chi connectivity index (χ1) is 9.16. The summed E-state index contributed by atoms with van der Waals surface area (Å²) >= 11 is 0. The Balaban J connectivity index is 1.94. The van der Waals surface area contributed by atoms with Crippen molar-refractivity contribution < 1.29 is 5.11 Å². The quantitative estimate of drug-likeness (QED) is 0.892. The molecule has 19 heavy (non-hydrogen) atoms. The third-order valence-corrected chi connectivity index (χ3v) is 3.07. The molecule has 0 fully saturated rings. The van der Waals surface area contributed by atoms with E-state index in [1.807, 2.05) is 43.6 Å². The minimum absolute atomic E-state index is 0.472. The van der Waals surface area contributed by atoms with Crippen LogP contribution in [0, 0.1) is 0 Å². The zero-order valence-corrected chi connectivity index (χ0v) is 11.3. The SMILES string of the molecule is C[C@H](O)c1ccc(N(C)CCc2ccccn2)nc1. The van der Waals surface area contributed by atoms with Crippen LogP contribution in [0.15, 0.2) is 42.7 Å². The first-order valence-electron chi connectivity index (χ1n) is 6.42. The average Bonchev–Trinajstić information content (AvgIpc) is 2.46. The van der Waals surface area contributed by atoms with E-state index in [9.17, 15) is 5.11 Å². The second-order valence-corrected chi connectivity index (χ2v) is 4.62. The third kappa shape index (κ3) is 3.76. The summed E-state index contributed by atoms with van der Waals surface area (Å²) in [4.78, 5) is 10.7. The zero-order chi connectivity index (χ0) is 13.7. The first-order valence-corrected chi connectivity index (χ1v) is 6.42. The van der Waals surface area contributed by atoms with E-state index in [2.05, 4.69) is 14.9 Å². The van der Waals surface area contributed by atoms with Gasteiger partial charge in [-0.15, -0.1) is 0 Å². The van der Waals surface area contributed by atoms with Gasteiger partial charge in [-0.3, -0.25) is 4.98 Å². The second kappa shape index (κ2) is 6.29. The van der Waals surface area contributed by atoms with Gasteiger partial charge in [0.2, 0.25) is 0 Å². The van der Waals surface area contributed by atoms with Crippen molar-refractivity contribution in [1.29, 1.82) is 0 Å². The highest BCUT2D eigenvalue weighted by Gasteiger charge is 2.05. The molecule has 1 atom stereocenters. The Labute approximate surface area is 113 Å². The van der Waals surface area contributed by atoms with E-state index in [1.54, 1.807) is 13.1 Å². The molecule has 0 bridgehead atoms. The molecular weight excluding hydrogens is 238 g/mol. The fourth-order valence-corrected chi connectivity index (χ4v) is 1.81. The van der Waals surface area contributed by atoms with Gasteiger partial charge in [0.15, 0.2) is 0 Å². The molecule has 0 aliphatic heterocycles. The summed E-state index contributed by atoms with van der Waals surface area (Å²) in [7, 11) is 2.01. The van der Waals surface area contributed by atoms with Gasteiger partial charge in [-0.1, -0.05) is 12.1 Å². The lowest BCUT2D eigenvalue weighted by Crippen LogP contribution is -2.21. The van der Waals surface area contributed by atoms with Crippen LogP contribution in [0.25, 0.3) is 0 Å². The van der Waals surface area contributed by atoms with Gasteiger partial charge in [0, 0.05) is 38.1 Å². The van der Waals surface area contributed by atoms with Crippen LogP contribution in [0.3, 0.4) is 0 Å². The van der Waals surface area contributed by atoms with Gasteiger partial charge in [0.05, 0.1) is 6.10 Å². The first kappa shape index (κ1) is 13.5. The van der Waals surface area contributed by atoms with Gasteiger partial charge in [-0.05, 0) is 30.7 Å². The highest BCUT2D eigenvalue weighted by molar-refractivity contribution is 5.38. The maximum absolute atomic E-state index is 9.44. The van der Waals surface area contributed by atoms with Gasteiger partial charge in [-0.2, -0.15) is 0 Å². The van der Waals surface area contributed by atoms with E-state index in [4.69, 9.17) is 0 Å². The number of hydrogen-bond acceptors (Lipinski definition) is 4. The lowest BCUT2D eigenvalue weighted by Gasteiger charge is -2.18. The van der Waals surface area contributed by atoms with Crippen LogP contribution < -0.4 is 4.90 Å². The summed E-state index contributed by atoms with van der Waals surface area (Å²) in [5, 5.41) is 9.44. The lowest BCUT2D eigenvalue weighted by molar-refractivity contribution is 0.199. The lowest BCUT2D eigenvalue weighted by atomic mass is 10.2. The van der Waals surface area contributed by atoms with E-state index in [-0.39, 0.29) is 0 Å². The molecule has 4 heteroatoms. The van der Waals surface area contributed by atoms with E-state index >= 15 is 0 Å². The number of aliphatic hydroxyl groups excluding tert-OH is 1. The monoisotopic (exact) mass is 257 g/mol. The zero-order valence-electron chi connectivity index (χ0n) is 11.3. The molecule has 0 spiro atoms. The Bertz CT molecular complexity index is 497. The van der Waals surface area contributed by atoms with Gasteiger partial charge >= 0.3 is 0 Å². The molecule has 0 aromatic carbocycles. The van der Waals surface area contributed by atoms with E-state index in [0.717, 1.165) is 30.0 Å². The van der Waals surface area contributed by atoms with Gasteiger partial charge in [0.25, 0.3) is 0 Å². The highest BCUT2D eigenvalue weighted by atomic mass is 16.3. The number of aromatic nitrogens is 2. The van der Waals surface area contributed by atoms with E-state index in [1.165, 1.54) is 0 Å². The molecule has 0 radical (unpaired) electrons. The van der Waals surface area contributed by atoms with Gasteiger partial charge in [-0.25, -0.2) is 4.98 Å². The molecule has 0 unspecified atom stereocenters. The summed E-state index contributed by atoms with van der Waals surface area (Å²) in [6, 6.07) is 9.78. The maximum Gasteiger partial charge on any atom is 0.128 e. The topological polar surface area (TPSA) is 49.2 Å². The second-order valence-electron chi connectivity index (χ2n) is 4.62. The van der Waals surface area contributed by atoms with Gasteiger partial charge in [0.1, 0.15) is 5.82 Å². The molecule has 0 aliphatic carbocycles. The Morgan fingerprint density at radius 1 is 1.21 bits per heavy atom. The van der Waals surface area contributed by atoms with Crippen LogP contribution in [0.1, 0.15) is 24.3 Å². The summed E-state index contributed by atoms with van der Waals surface area (Å²) in [6.45, 7) is 2.60. The van der Waals surface area contributed by atoms with Crippen molar-refractivity contribution in [2.45, 2.75) is 19.4 Å². The molecule has 4 nitrogen and oxygen atoms in total. The summed E-state index contributed by atoms with van der Waals surface area (Å²) < 4.78 is 0. The maximum atomic E-state index is 9.44. The molecule has 0 saturated carbocycles. The van der Waals surface area contributed by atoms with Crippen LogP contribution in [0.2, 0.25) is 0 Å². The number of hydrogen-bond donors (Lipinski definition) is 1. The Hall–Kier alpha value is -1.94. The minimum atomic E-state index is -0.472. The van der Waals surface area contributed by atoms with Gasteiger partial charge < -0.3 is 10.0 Å². The van der Waals surface area contributed by atoms with Crippen molar-refractivity contribution in [3.8, 4) is 0 Å². The predicted molar refractivity (Wildman–Crippen MR) is 76.1 cm³/mol. The molecule has 2 heterocycles. The fourth-order valence-electron chi connectivity index (χ4n) is 1.81. The van der Waals surface area contributed by atoms with Crippen molar-refractivity contribution in [3.05, 3.63) is 54.0 Å². The summed E-state index contributed by atoms with van der Waals surface area (Å²) in [5.74, 6) is 0.903. The van der Waals surface area contributed by atoms with Crippen molar-refractivity contribution in [2.75, 3.05) is 18.5 Å². The number of anilines is 1. The van der Waals surface area contributed by atoms with E-state index in [0.29, 0.717) is 0 Å². The molecular formula is C15H19N3O. The molecule has 100 valence electrons. The number of likely N-dealkylation sites (N-methyl/N-ethyl adjacent to an activating group) is 1. The van der Waals surface area contributed by atoms with Crippen molar-refractivity contribution in [3.63, 3.8) is 0 Å². The Morgan fingerprint density at radius 2 is 2.05 bits per heavy atom. The number of aliphatic hydroxyl groups is 1. The molecule has 0 aliphatic rings. The molecule has 2 aromatic heterocycles. The highest BCUT2D eigenvalue weighted by Crippen LogP contribution is 2.15. The Kier molecular flexibility index (Phi) is 4.47. The fraction of sp³-hybridized carbons (Fsp3) is 0.333. The van der Waals surface area contributed by atoms with Crippen LogP contribution >= 0.6 is 0 Å². The largest absolute Gasteiger partial charge is 0.389 e. The predicted octanol–water partition coefficient (Wildman–Crippen LogP) is 2.21. The normalized spacial score (nSPS) is 12.2. The standard InChI is InChI=1S/C15H19N3O/c1-12(19)13-6-7-15(17-11-13)18(2)10-8-14-5-3-4-9-16-14/h3-7,9,11-12,19H,8,10H2,1-2H3/t12-/m0/s1. The number of nitrogens with zero attached hydrogens (tertiary/aromatic N) is 3. The molecule has 0 amide bonds. The number of pyridine rings is 2. The smallest absolute Gasteiger partial charge is 0.128 e. The van der Waals surface area contributed by atoms with E-state index < -0.39 is 6.10 Å². The average molecular weight is 257 g/mol. The summed E-state index contributed by atoms with van der Waals surface area (Å²) in [6.07, 6.45) is 3.94. The van der Waals surface area contributed by atoms with Crippen LogP contribution in [-0.4, -0.2) is 28.7 Å². The molecule has 0 saturated heterocycles. The molecule has 1 N–H and O–H groups in total. The minimum Gasteiger partial charge on any atom is -0.389 e.